The zero-order chi connectivity index (χ0) is 18.8. The predicted molar refractivity (Wildman–Crippen MR) is 122 cm³/mol. The van der Waals surface area contributed by atoms with Gasteiger partial charge in [-0.15, -0.1) is 35.3 Å². The fraction of sp³-hybridized carbons (Fsp3) is 0.474. The van der Waals surface area contributed by atoms with E-state index < -0.39 is 0 Å². The van der Waals surface area contributed by atoms with Crippen molar-refractivity contribution in [3.05, 3.63) is 45.9 Å². The van der Waals surface area contributed by atoms with Crippen LogP contribution in [0.5, 0.6) is 5.75 Å². The molecule has 0 unspecified atom stereocenters. The quantitative estimate of drug-likeness (QED) is 0.236. The van der Waals surface area contributed by atoms with Crippen LogP contribution in [-0.4, -0.2) is 38.3 Å². The van der Waals surface area contributed by atoms with Gasteiger partial charge in [-0.1, -0.05) is 26.0 Å². The zero-order valence-corrected chi connectivity index (χ0v) is 19.5. The number of methoxy groups -OCH3 is 1. The monoisotopic (exact) mass is 504 g/mol. The van der Waals surface area contributed by atoms with Crippen LogP contribution < -0.4 is 15.4 Å². The average Bonchev–Trinajstić information content (AvgIpc) is 3.13. The summed E-state index contributed by atoms with van der Waals surface area (Å²) >= 11 is 1.67. The maximum Gasteiger partial charge on any atom is 0.191 e. The van der Waals surface area contributed by atoms with Gasteiger partial charge < -0.3 is 20.1 Å². The first kappa shape index (κ1) is 23.6. The Balaban J connectivity index is 0.00000364. The van der Waals surface area contributed by atoms with Crippen LogP contribution in [0.3, 0.4) is 0 Å². The predicted octanol–water partition coefficient (Wildman–Crippen LogP) is 3.77. The number of aliphatic imine (C=N–C) groups is 1. The van der Waals surface area contributed by atoms with E-state index in [1.807, 2.05) is 24.3 Å². The van der Waals surface area contributed by atoms with Gasteiger partial charge in [-0.25, -0.2) is 4.98 Å². The third-order valence-corrected chi connectivity index (χ3v) is 4.60. The smallest absolute Gasteiger partial charge is 0.191 e. The van der Waals surface area contributed by atoms with E-state index in [0.29, 0.717) is 32.2 Å². The molecule has 0 bridgehead atoms. The molecule has 1 aromatic carbocycles. The van der Waals surface area contributed by atoms with E-state index in [2.05, 4.69) is 39.8 Å². The summed E-state index contributed by atoms with van der Waals surface area (Å²) in [6, 6.07) is 7.89. The third kappa shape index (κ3) is 8.44. The third-order valence-electron chi connectivity index (χ3n) is 3.73. The van der Waals surface area contributed by atoms with Crippen molar-refractivity contribution in [3.63, 3.8) is 0 Å². The molecule has 0 saturated heterocycles. The molecule has 0 fully saturated rings. The molecule has 0 aliphatic carbocycles. The second-order valence-corrected chi connectivity index (χ2v) is 7.02. The number of hydrogen-bond donors (Lipinski definition) is 2. The number of aromatic nitrogens is 1. The standard InChI is InChI=1S/C19H28N4O2S.HI/c1-14(2)17-13-26-18(23-17)11-22-19(20-3)21-8-9-25-12-15-6-5-7-16(10-15)24-4;/h5-7,10,13-14H,8-9,11-12H2,1-4H3,(H2,20,21,22);1H. The largest absolute Gasteiger partial charge is 0.497 e. The second-order valence-electron chi connectivity index (χ2n) is 6.08. The fourth-order valence-corrected chi connectivity index (χ4v) is 3.14. The molecule has 1 heterocycles. The topological polar surface area (TPSA) is 67.8 Å². The molecule has 2 rings (SSSR count). The zero-order valence-electron chi connectivity index (χ0n) is 16.3. The van der Waals surface area contributed by atoms with Crippen molar-refractivity contribution in [2.24, 2.45) is 4.99 Å². The first-order valence-electron chi connectivity index (χ1n) is 8.72. The van der Waals surface area contributed by atoms with Gasteiger partial charge in [0.05, 0.1) is 32.6 Å². The number of halogens is 1. The Morgan fingerprint density at radius 2 is 2.11 bits per heavy atom. The summed E-state index contributed by atoms with van der Waals surface area (Å²) in [4.78, 5) is 8.83. The van der Waals surface area contributed by atoms with Crippen LogP contribution in [0.2, 0.25) is 0 Å². The Labute approximate surface area is 182 Å². The van der Waals surface area contributed by atoms with Gasteiger partial charge in [0, 0.05) is 19.0 Å². The molecule has 0 spiro atoms. The van der Waals surface area contributed by atoms with Gasteiger partial charge >= 0.3 is 0 Å². The van der Waals surface area contributed by atoms with Crippen molar-refractivity contribution in [1.82, 2.24) is 15.6 Å². The molecule has 0 radical (unpaired) electrons. The van der Waals surface area contributed by atoms with Gasteiger partial charge in [0.1, 0.15) is 10.8 Å². The van der Waals surface area contributed by atoms with Crippen LogP contribution in [0.25, 0.3) is 0 Å². The lowest BCUT2D eigenvalue weighted by atomic mass is 10.2. The highest BCUT2D eigenvalue weighted by Crippen LogP contribution is 2.17. The van der Waals surface area contributed by atoms with Gasteiger partial charge in [0.15, 0.2) is 5.96 Å². The molecule has 0 aliphatic rings. The summed E-state index contributed by atoms with van der Waals surface area (Å²) in [6.07, 6.45) is 0. The van der Waals surface area contributed by atoms with E-state index in [9.17, 15) is 0 Å². The number of nitrogens with zero attached hydrogens (tertiary/aromatic N) is 2. The van der Waals surface area contributed by atoms with Gasteiger partial charge in [0.25, 0.3) is 0 Å². The highest BCUT2D eigenvalue weighted by molar-refractivity contribution is 14.0. The lowest BCUT2D eigenvalue weighted by Gasteiger charge is -2.11. The maximum absolute atomic E-state index is 5.70. The van der Waals surface area contributed by atoms with Gasteiger partial charge in [0.2, 0.25) is 0 Å². The van der Waals surface area contributed by atoms with E-state index in [4.69, 9.17) is 9.47 Å². The van der Waals surface area contributed by atoms with Gasteiger partial charge in [-0.2, -0.15) is 0 Å². The molecule has 8 heteroatoms. The van der Waals surface area contributed by atoms with Crippen LogP contribution in [0.4, 0.5) is 0 Å². The summed E-state index contributed by atoms with van der Waals surface area (Å²) < 4.78 is 10.9. The Morgan fingerprint density at radius 3 is 2.78 bits per heavy atom. The average molecular weight is 504 g/mol. The van der Waals surface area contributed by atoms with Crippen molar-refractivity contribution in [2.45, 2.75) is 32.9 Å². The Hall–Kier alpha value is -1.39. The number of hydrogen-bond acceptors (Lipinski definition) is 5. The number of benzene rings is 1. The lowest BCUT2D eigenvalue weighted by Crippen LogP contribution is -2.38. The fourth-order valence-electron chi connectivity index (χ4n) is 2.25. The minimum atomic E-state index is 0. The molecule has 1 aromatic heterocycles. The van der Waals surface area contributed by atoms with E-state index in [-0.39, 0.29) is 24.0 Å². The second kappa shape index (κ2) is 12.9. The van der Waals surface area contributed by atoms with Crippen molar-refractivity contribution in [1.29, 1.82) is 0 Å². The minimum absolute atomic E-state index is 0. The molecule has 0 aliphatic heterocycles. The normalized spacial score (nSPS) is 11.2. The Kier molecular flexibility index (Phi) is 11.3. The Bertz CT molecular complexity index is 707. The summed E-state index contributed by atoms with van der Waals surface area (Å²) in [6.45, 7) is 6.80. The first-order chi connectivity index (χ1) is 12.6. The number of nitrogens with one attached hydrogen (secondary N) is 2. The molecular weight excluding hydrogens is 475 g/mol. The number of thiazole rings is 1. The maximum atomic E-state index is 5.70. The molecule has 0 saturated carbocycles. The molecule has 150 valence electrons. The van der Waals surface area contributed by atoms with Gasteiger partial charge in [-0.3, -0.25) is 4.99 Å². The van der Waals surface area contributed by atoms with E-state index in [1.54, 1.807) is 25.5 Å². The summed E-state index contributed by atoms with van der Waals surface area (Å²) in [7, 11) is 3.42. The highest BCUT2D eigenvalue weighted by atomic mass is 127. The molecule has 2 aromatic rings. The minimum Gasteiger partial charge on any atom is -0.497 e. The van der Waals surface area contributed by atoms with Crippen molar-refractivity contribution in [2.75, 3.05) is 27.3 Å². The molecule has 27 heavy (non-hydrogen) atoms. The molecule has 6 nitrogen and oxygen atoms in total. The number of ether oxygens (including phenoxy) is 2. The van der Waals surface area contributed by atoms with Crippen LogP contribution in [0, 0.1) is 0 Å². The summed E-state index contributed by atoms with van der Waals surface area (Å²) in [5, 5.41) is 9.70. The molecular formula is C19H29IN4O2S. The number of rotatable bonds is 9. The first-order valence-corrected chi connectivity index (χ1v) is 9.59. The van der Waals surface area contributed by atoms with E-state index in [1.165, 1.54) is 0 Å². The summed E-state index contributed by atoms with van der Waals surface area (Å²) in [5.74, 6) is 2.05. The van der Waals surface area contributed by atoms with E-state index in [0.717, 1.165) is 28.0 Å². The Morgan fingerprint density at radius 1 is 1.30 bits per heavy atom. The van der Waals surface area contributed by atoms with Crippen LogP contribution >= 0.6 is 35.3 Å². The van der Waals surface area contributed by atoms with Crippen molar-refractivity contribution < 1.29 is 9.47 Å². The summed E-state index contributed by atoms with van der Waals surface area (Å²) in [5.41, 5.74) is 2.23. The van der Waals surface area contributed by atoms with Crippen LogP contribution in [-0.2, 0) is 17.9 Å². The highest BCUT2D eigenvalue weighted by Gasteiger charge is 2.06. The molecule has 0 atom stereocenters. The van der Waals surface area contributed by atoms with Crippen LogP contribution in [0.15, 0.2) is 34.6 Å². The van der Waals surface area contributed by atoms with Crippen molar-refractivity contribution >= 4 is 41.3 Å². The van der Waals surface area contributed by atoms with Crippen LogP contribution in [0.1, 0.15) is 36.0 Å². The van der Waals surface area contributed by atoms with Gasteiger partial charge in [-0.05, 0) is 23.6 Å². The van der Waals surface area contributed by atoms with Crippen molar-refractivity contribution in [3.8, 4) is 5.75 Å². The lowest BCUT2D eigenvalue weighted by molar-refractivity contribution is 0.125. The number of guanidine groups is 1. The molecule has 0 amide bonds. The van der Waals surface area contributed by atoms with E-state index >= 15 is 0 Å². The molecule has 2 N–H and O–H groups in total. The SMILES string of the molecule is CN=C(NCCOCc1cccc(OC)c1)NCc1nc(C(C)C)cs1.I.